The van der Waals surface area contributed by atoms with E-state index in [0.717, 1.165) is 0 Å². The summed E-state index contributed by atoms with van der Waals surface area (Å²) in [6.45, 7) is 0.238. The molecule has 0 aliphatic carbocycles. The second-order valence-corrected chi connectivity index (χ2v) is 9.50. The molecular formula is C23H19Cl2N5O2S. The third kappa shape index (κ3) is 5.05. The molecule has 1 aromatic carbocycles. The van der Waals surface area contributed by atoms with E-state index in [4.69, 9.17) is 33.9 Å². The number of nitrogens with zero attached hydrogens (tertiary/aromatic N) is 3. The molecule has 3 aromatic heterocycles. The Bertz CT molecular complexity index is 1330. The number of benzene rings is 1. The summed E-state index contributed by atoms with van der Waals surface area (Å²) in [6.07, 6.45) is 3.33. The van der Waals surface area contributed by atoms with Crippen molar-refractivity contribution in [2.24, 2.45) is 5.73 Å². The van der Waals surface area contributed by atoms with Gasteiger partial charge in [-0.1, -0.05) is 35.3 Å². The van der Waals surface area contributed by atoms with Crippen LogP contribution in [-0.2, 0) is 10.0 Å². The van der Waals surface area contributed by atoms with Crippen LogP contribution in [0.4, 0.5) is 0 Å². The SMILES string of the molecule is NCCNS(=O)(=O)c1ccc(Cl)c(-c2cc(-c3ccccn3)nc(-c3ccccn3)c2)c1Cl. The molecule has 0 bridgehead atoms. The molecular weight excluding hydrogens is 481 g/mol. The second-order valence-electron chi connectivity index (χ2n) is 6.98. The van der Waals surface area contributed by atoms with Crippen LogP contribution in [0.3, 0.4) is 0 Å². The first-order chi connectivity index (χ1) is 15.9. The van der Waals surface area contributed by atoms with Crippen LogP contribution in [0.2, 0.25) is 10.0 Å². The normalized spacial score (nSPS) is 11.5. The smallest absolute Gasteiger partial charge is 0.242 e. The van der Waals surface area contributed by atoms with E-state index in [1.807, 2.05) is 36.4 Å². The zero-order valence-corrected chi connectivity index (χ0v) is 19.6. The fourth-order valence-electron chi connectivity index (χ4n) is 3.24. The number of halogens is 2. The quantitative estimate of drug-likeness (QED) is 0.389. The molecule has 0 saturated carbocycles. The highest BCUT2D eigenvalue weighted by Crippen LogP contribution is 2.40. The summed E-state index contributed by atoms with van der Waals surface area (Å²) in [5.41, 5.74) is 8.79. The van der Waals surface area contributed by atoms with Gasteiger partial charge in [0.1, 0.15) is 4.90 Å². The Kier molecular flexibility index (Phi) is 7.02. The predicted octanol–water partition coefficient (Wildman–Crippen LogP) is 4.42. The van der Waals surface area contributed by atoms with Gasteiger partial charge in [0.15, 0.2) is 0 Å². The Labute approximate surface area is 201 Å². The van der Waals surface area contributed by atoms with Gasteiger partial charge in [-0.3, -0.25) is 9.97 Å². The summed E-state index contributed by atoms with van der Waals surface area (Å²) in [5.74, 6) is 0. The number of rotatable bonds is 7. The maximum Gasteiger partial charge on any atom is 0.242 e. The van der Waals surface area contributed by atoms with Crippen molar-refractivity contribution >= 4 is 33.2 Å². The lowest BCUT2D eigenvalue weighted by atomic mass is 10.0. The van der Waals surface area contributed by atoms with E-state index >= 15 is 0 Å². The van der Waals surface area contributed by atoms with Gasteiger partial charge < -0.3 is 5.73 Å². The lowest BCUT2D eigenvalue weighted by molar-refractivity contribution is 0.582. The van der Waals surface area contributed by atoms with Crippen molar-refractivity contribution < 1.29 is 8.42 Å². The number of hydrogen-bond acceptors (Lipinski definition) is 6. The molecule has 3 N–H and O–H groups in total. The van der Waals surface area contributed by atoms with Crippen LogP contribution in [0.5, 0.6) is 0 Å². The van der Waals surface area contributed by atoms with E-state index in [0.29, 0.717) is 38.9 Å². The molecule has 33 heavy (non-hydrogen) atoms. The van der Waals surface area contributed by atoms with Crippen LogP contribution in [0.1, 0.15) is 0 Å². The Balaban J connectivity index is 1.95. The number of sulfonamides is 1. The molecule has 0 radical (unpaired) electrons. The fourth-order valence-corrected chi connectivity index (χ4v) is 5.26. The van der Waals surface area contributed by atoms with Gasteiger partial charge in [0, 0.05) is 36.1 Å². The molecule has 0 spiro atoms. The van der Waals surface area contributed by atoms with E-state index in [9.17, 15) is 8.42 Å². The molecule has 3 heterocycles. The van der Waals surface area contributed by atoms with Gasteiger partial charge >= 0.3 is 0 Å². The molecule has 0 unspecified atom stereocenters. The van der Waals surface area contributed by atoms with Crippen LogP contribution in [0.15, 0.2) is 78.0 Å². The second kappa shape index (κ2) is 9.94. The Morgan fingerprint density at radius 1 is 0.848 bits per heavy atom. The first-order valence-electron chi connectivity index (χ1n) is 9.93. The van der Waals surface area contributed by atoms with Crippen molar-refractivity contribution in [2.75, 3.05) is 13.1 Å². The molecule has 4 aromatic rings. The number of nitrogens with two attached hydrogens (primary N) is 1. The highest BCUT2D eigenvalue weighted by atomic mass is 35.5. The summed E-state index contributed by atoms with van der Waals surface area (Å²) in [7, 11) is -3.89. The molecule has 0 aliphatic rings. The average Bonchev–Trinajstić information content (AvgIpc) is 2.83. The van der Waals surface area contributed by atoms with Gasteiger partial charge in [0.05, 0.1) is 27.8 Å². The van der Waals surface area contributed by atoms with Crippen molar-refractivity contribution in [2.45, 2.75) is 4.90 Å². The van der Waals surface area contributed by atoms with Gasteiger partial charge in [0.2, 0.25) is 10.0 Å². The molecule has 168 valence electrons. The van der Waals surface area contributed by atoms with Crippen molar-refractivity contribution in [1.82, 2.24) is 19.7 Å². The van der Waals surface area contributed by atoms with E-state index in [2.05, 4.69) is 14.7 Å². The lowest BCUT2D eigenvalue weighted by Crippen LogP contribution is -2.29. The highest BCUT2D eigenvalue weighted by molar-refractivity contribution is 7.89. The third-order valence-corrected chi connectivity index (χ3v) is 7.07. The molecule has 4 rings (SSSR count). The van der Waals surface area contributed by atoms with Crippen molar-refractivity contribution in [3.8, 4) is 33.9 Å². The Morgan fingerprint density at radius 2 is 1.45 bits per heavy atom. The minimum absolute atomic E-state index is 0.00263. The molecule has 10 heteroatoms. The first kappa shape index (κ1) is 23.3. The van der Waals surface area contributed by atoms with Crippen LogP contribution in [0.25, 0.3) is 33.9 Å². The van der Waals surface area contributed by atoms with Crippen LogP contribution in [0, 0.1) is 0 Å². The Hall–Kier alpha value is -2.88. The molecule has 0 saturated heterocycles. The van der Waals surface area contributed by atoms with Crippen LogP contribution in [-0.4, -0.2) is 36.5 Å². The fraction of sp³-hybridized carbons (Fsp3) is 0.0870. The van der Waals surface area contributed by atoms with E-state index in [1.54, 1.807) is 24.5 Å². The number of aromatic nitrogens is 3. The highest BCUT2D eigenvalue weighted by Gasteiger charge is 2.23. The zero-order valence-electron chi connectivity index (χ0n) is 17.2. The van der Waals surface area contributed by atoms with E-state index in [1.165, 1.54) is 12.1 Å². The standard InChI is InChI=1S/C23H19Cl2N5O2S/c24-16-7-8-21(33(31,32)29-12-9-26)23(25)22(16)15-13-19(17-5-1-3-10-27-17)30-20(14-15)18-6-2-4-11-28-18/h1-8,10-11,13-14,29H,9,12,26H2. The Morgan fingerprint density at radius 3 is 1.97 bits per heavy atom. The van der Waals surface area contributed by atoms with Gasteiger partial charge in [-0.2, -0.15) is 0 Å². The summed E-state index contributed by atoms with van der Waals surface area (Å²) < 4.78 is 27.9. The zero-order chi connectivity index (χ0) is 23.4. The van der Waals surface area contributed by atoms with Gasteiger partial charge in [-0.25, -0.2) is 18.1 Å². The van der Waals surface area contributed by atoms with Crippen molar-refractivity contribution in [3.63, 3.8) is 0 Å². The van der Waals surface area contributed by atoms with Crippen molar-refractivity contribution in [1.29, 1.82) is 0 Å². The third-order valence-electron chi connectivity index (χ3n) is 4.75. The maximum atomic E-state index is 12.8. The largest absolute Gasteiger partial charge is 0.329 e. The summed E-state index contributed by atoms with van der Waals surface area (Å²) >= 11 is 13.1. The summed E-state index contributed by atoms with van der Waals surface area (Å²) in [6, 6.07) is 17.4. The number of hydrogen-bond donors (Lipinski definition) is 2. The lowest BCUT2D eigenvalue weighted by Gasteiger charge is -2.15. The molecule has 0 atom stereocenters. The maximum absolute atomic E-state index is 12.8. The summed E-state index contributed by atoms with van der Waals surface area (Å²) in [5, 5.41) is 0.292. The molecule has 0 aliphatic heterocycles. The minimum atomic E-state index is -3.89. The molecule has 7 nitrogen and oxygen atoms in total. The number of pyridine rings is 3. The molecule has 0 amide bonds. The topological polar surface area (TPSA) is 111 Å². The van der Waals surface area contributed by atoms with Gasteiger partial charge in [-0.15, -0.1) is 0 Å². The number of nitrogens with one attached hydrogen (secondary N) is 1. The molecule has 0 fully saturated rings. The van der Waals surface area contributed by atoms with E-state index in [-0.39, 0.29) is 23.0 Å². The van der Waals surface area contributed by atoms with E-state index < -0.39 is 10.0 Å². The predicted molar refractivity (Wildman–Crippen MR) is 130 cm³/mol. The van der Waals surface area contributed by atoms with Crippen LogP contribution >= 0.6 is 23.2 Å². The monoisotopic (exact) mass is 499 g/mol. The van der Waals surface area contributed by atoms with Crippen molar-refractivity contribution in [3.05, 3.63) is 83.1 Å². The minimum Gasteiger partial charge on any atom is -0.329 e. The van der Waals surface area contributed by atoms with Gasteiger partial charge in [0.25, 0.3) is 0 Å². The summed E-state index contributed by atoms with van der Waals surface area (Å²) in [4.78, 5) is 13.4. The average molecular weight is 500 g/mol. The van der Waals surface area contributed by atoms with Crippen LogP contribution < -0.4 is 10.5 Å². The first-order valence-corrected chi connectivity index (χ1v) is 12.2. The van der Waals surface area contributed by atoms with Gasteiger partial charge in [-0.05, 0) is 54.1 Å².